The predicted octanol–water partition coefficient (Wildman–Crippen LogP) is 4.70. The van der Waals surface area contributed by atoms with Gasteiger partial charge in [0.1, 0.15) is 11.2 Å². The molecule has 0 spiro atoms. The molecule has 1 amide bonds. The molecule has 0 aliphatic heterocycles. The molecule has 0 unspecified atom stereocenters. The molecule has 9 heteroatoms. The van der Waals surface area contributed by atoms with Crippen molar-refractivity contribution in [2.24, 2.45) is 5.73 Å². The molecule has 2 aliphatic rings. The Morgan fingerprint density at radius 3 is 1.28 bits per heavy atom. The number of benzene rings is 2. The molecule has 43 heavy (non-hydrogen) atoms. The normalized spacial score (nSPS) is 14.2. The lowest BCUT2D eigenvalue weighted by molar-refractivity contribution is -0.155. The van der Waals surface area contributed by atoms with Crippen molar-refractivity contribution in [2.45, 2.75) is 116 Å². The van der Waals surface area contributed by atoms with Gasteiger partial charge in [0.15, 0.2) is 0 Å². The van der Waals surface area contributed by atoms with Gasteiger partial charge < -0.3 is 25.6 Å². The molecule has 4 rings (SSSR count). The number of carboxylic acid groups (broad SMARTS) is 1. The first-order valence-corrected chi connectivity index (χ1v) is 14.8. The van der Waals surface area contributed by atoms with Crippen LogP contribution in [0.3, 0.4) is 0 Å². The maximum atomic E-state index is 11.7. The summed E-state index contributed by atoms with van der Waals surface area (Å²) in [5.41, 5.74) is 7.67. The summed E-state index contributed by atoms with van der Waals surface area (Å²) in [5.74, 6) is -1.32. The van der Waals surface area contributed by atoms with Crippen molar-refractivity contribution in [3.63, 3.8) is 0 Å². The van der Waals surface area contributed by atoms with Crippen molar-refractivity contribution in [1.29, 1.82) is 0 Å². The number of aliphatic carboxylic acids is 1. The molecule has 9 nitrogen and oxygen atoms in total. The summed E-state index contributed by atoms with van der Waals surface area (Å²) in [6, 6.07) is 15.5. The number of hydrogen-bond acceptors (Lipinski definition) is 7. The Labute approximate surface area is 255 Å². The molecule has 0 heterocycles. The van der Waals surface area contributed by atoms with Crippen molar-refractivity contribution in [3.8, 4) is 0 Å². The molecular weight excluding hydrogens is 548 g/mol. The van der Waals surface area contributed by atoms with Crippen molar-refractivity contribution < 1.29 is 33.8 Å². The summed E-state index contributed by atoms with van der Waals surface area (Å²) in [6.45, 7) is 11.0. The Bertz CT molecular complexity index is 1200. The Morgan fingerprint density at radius 1 is 0.674 bits per heavy atom. The van der Waals surface area contributed by atoms with E-state index < -0.39 is 17.2 Å². The van der Waals surface area contributed by atoms with E-state index in [1.165, 1.54) is 12.8 Å². The number of nitrogens with two attached hydrogens (primary N) is 1. The lowest BCUT2D eigenvalue weighted by Crippen LogP contribution is -2.27. The molecule has 2 saturated carbocycles. The molecule has 0 aromatic heterocycles. The third kappa shape index (κ3) is 18.4. The molecule has 2 aromatic rings. The average molecular weight is 597 g/mol. The highest BCUT2D eigenvalue weighted by molar-refractivity contribution is 5.79. The molecule has 236 valence electrons. The Hall–Kier alpha value is -3.72. The lowest BCUT2D eigenvalue weighted by atomic mass is 10.1. The van der Waals surface area contributed by atoms with E-state index in [-0.39, 0.29) is 37.1 Å². The number of ether oxygens (including phenoxy) is 2. The number of rotatable bonds is 9. The van der Waals surface area contributed by atoms with Crippen LogP contribution in [0.15, 0.2) is 48.5 Å². The van der Waals surface area contributed by atoms with E-state index in [1.54, 1.807) is 24.3 Å². The van der Waals surface area contributed by atoms with Gasteiger partial charge >= 0.3 is 17.9 Å². The maximum Gasteiger partial charge on any atom is 0.310 e. The largest absolute Gasteiger partial charge is 0.481 e. The van der Waals surface area contributed by atoms with Crippen LogP contribution < -0.4 is 11.1 Å². The number of carbonyl (C=O) groups excluding carboxylic acids is 3. The van der Waals surface area contributed by atoms with Gasteiger partial charge in [-0.05, 0) is 89.5 Å². The molecule has 2 fully saturated rings. The molecular formula is C34H48N2O7. The minimum Gasteiger partial charge on any atom is -0.481 e. The predicted molar refractivity (Wildman–Crippen MR) is 165 cm³/mol. The monoisotopic (exact) mass is 596 g/mol. The maximum absolute atomic E-state index is 11.7. The van der Waals surface area contributed by atoms with E-state index in [2.05, 4.69) is 5.32 Å². The molecule has 4 N–H and O–H groups in total. The van der Waals surface area contributed by atoms with Gasteiger partial charge in [0, 0.05) is 12.1 Å². The van der Waals surface area contributed by atoms with Crippen LogP contribution in [0.4, 0.5) is 0 Å². The van der Waals surface area contributed by atoms with Gasteiger partial charge in [-0.2, -0.15) is 0 Å². The van der Waals surface area contributed by atoms with Crippen molar-refractivity contribution in [2.75, 3.05) is 0 Å². The molecule has 0 saturated heterocycles. The molecule has 2 aliphatic carbocycles. The number of amides is 1. The van der Waals surface area contributed by atoms with Crippen LogP contribution in [0.1, 0.15) is 89.5 Å². The fourth-order valence-corrected chi connectivity index (χ4v) is 3.60. The van der Waals surface area contributed by atoms with Crippen LogP contribution in [0.25, 0.3) is 0 Å². The SMILES string of the molecule is CC(C)(C)OC(=O)Cc1ccc(CC(=O)NC2CC2)cc1.CC(C)(C)OC(=O)Cc1ccc(CC(=O)O)cc1.NC1CC1. The first-order valence-electron chi connectivity index (χ1n) is 14.8. The number of carboxylic acids is 1. The standard InChI is InChI=1S/C17H23NO3.C14H18O4.C3H7N/c1-17(2,3)21-16(20)11-13-6-4-12(5-7-13)10-15(19)18-14-8-9-14;1-14(2,3)18-13(17)9-11-6-4-10(5-7-11)8-12(15)16;4-3-1-2-3/h4-7,14H,8-11H2,1-3H3,(H,18,19);4-7H,8-9H2,1-3H3,(H,15,16);3H,1-2,4H2. The highest BCUT2D eigenvalue weighted by atomic mass is 16.6. The summed E-state index contributed by atoms with van der Waals surface area (Å²) in [5, 5.41) is 11.6. The van der Waals surface area contributed by atoms with Gasteiger partial charge in [-0.25, -0.2) is 0 Å². The van der Waals surface area contributed by atoms with Gasteiger partial charge in [-0.15, -0.1) is 0 Å². The summed E-state index contributed by atoms with van der Waals surface area (Å²) in [7, 11) is 0. The third-order valence-electron chi connectivity index (χ3n) is 5.87. The van der Waals surface area contributed by atoms with Crippen LogP contribution in [0.5, 0.6) is 0 Å². The second-order valence-corrected chi connectivity index (χ2v) is 13.1. The van der Waals surface area contributed by atoms with E-state index >= 15 is 0 Å². The lowest BCUT2D eigenvalue weighted by Gasteiger charge is -2.19. The Balaban J connectivity index is 0.000000267. The molecule has 0 bridgehead atoms. The fraction of sp³-hybridized carbons (Fsp3) is 0.529. The number of nitrogens with one attached hydrogen (secondary N) is 1. The summed E-state index contributed by atoms with van der Waals surface area (Å²) in [4.78, 5) is 45.5. The Morgan fingerprint density at radius 2 is 1.00 bits per heavy atom. The van der Waals surface area contributed by atoms with Crippen LogP contribution in [0, 0.1) is 0 Å². The molecule has 2 aromatic carbocycles. The van der Waals surface area contributed by atoms with E-state index in [0.29, 0.717) is 18.5 Å². The van der Waals surface area contributed by atoms with Gasteiger partial charge in [0.2, 0.25) is 5.91 Å². The van der Waals surface area contributed by atoms with Crippen LogP contribution in [0.2, 0.25) is 0 Å². The second-order valence-electron chi connectivity index (χ2n) is 13.1. The average Bonchev–Trinajstić information content (AvgIpc) is 3.79. The molecule has 0 radical (unpaired) electrons. The van der Waals surface area contributed by atoms with Crippen LogP contribution in [-0.4, -0.2) is 52.2 Å². The number of carbonyl (C=O) groups is 4. The first kappa shape index (κ1) is 35.5. The molecule has 0 atom stereocenters. The van der Waals surface area contributed by atoms with Crippen molar-refractivity contribution in [1.82, 2.24) is 5.32 Å². The zero-order valence-corrected chi connectivity index (χ0v) is 26.4. The van der Waals surface area contributed by atoms with Gasteiger partial charge in [-0.3, -0.25) is 19.2 Å². The quantitative estimate of drug-likeness (QED) is 0.354. The van der Waals surface area contributed by atoms with E-state index in [1.807, 2.05) is 65.8 Å². The summed E-state index contributed by atoms with van der Waals surface area (Å²) in [6.07, 6.45) is 5.56. The van der Waals surface area contributed by atoms with Gasteiger partial charge in [0.25, 0.3) is 0 Å². The third-order valence-corrected chi connectivity index (χ3v) is 5.87. The first-order chi connectivity index (χ1) is 20.0. The van der Waals surface area contributed by atoms with Crippen molar-refractivity contribution >= 4 is 23.8 Å². The fourth-order valence-electron chi connectivity index (χ4n) is 3.60. The minimum absolute atomic E-state index is 0.00722. The highest BCUT2D eigenvalue weighted by Crippen LogP contribution is 2.19. The summed E-state index contributed by atoms with van der Waals surface area (Å²) < 4.78 is 10.5. The van der Waals surface area contributed by atoms with Crippen LogP contribution >= 0.6 is 0 Å². The van der Waals surface area contributed by atoms with E-state index in [4.69, 9.17) is 20.3 Å². The van der Waals surface area contributed by atoms with Gasteiger partial charge in [0.05, 0.1) is 25.7 Å². The van der Waals surface area contributed by atoms with Crippen molar-refractivity contribution in [3.05, 3.63) is 70.8 Å². The Kier molecular flexibility index (Phi) is 13.4. The zero-order chi connectivity index (χ0) is 32.2. The highest BCUT2D eigenvalue weighted by Gasteiger charge is 2.23. The van der Waals surface area contributed by atoms with Gasteiger partial charge in [-0.1, -0.05) is 48.5 Å². The van der Waals surface area contributed by atoms with E-state index in [9.17, 15) is 19.2 Å². The smallest absolute Gasteiger partial charge is 0.310 e. The van der Waals surface area contributed by atoms with Crippen LogP contribution in [-0.2, 0) is 54.3 Å². The summed E-state index contributed by atoms with van der Waals surface area (Å²) >= 11 is 0. The number of esters is 2. The topological polar surface area (TPSA) is 145 Å². The minimum atomic E-state index is -0.866. The zero-order valence-electron chi connectivity index (χ0n) is 26.4. The van der Waals surface area contributed by atoms with E-state index in [0.717, 1.165) is 35.1 Å². The second kappa shape index (κ2) is 16.2. The number of hydrogen-bond donors (Lipinski definition) is 3.